The van der Waals surface area contributed by atoms with Crippen molar-refractivity contribution in [2.45, 2.75) is 31.7 Å². The lowest BCUT2D eigenvalue weighted by atomic mass is 9.81. The summed E-state index contributed by atoms with van der Waals surface area (Å²) in [7, 11) is 1.88. The third-order valence-corrected chi connectivity index (χ3v) is 5.34. The Morgan fingerprint density at radius 2 is 2.29 bits per heavy atom. The first-order valence-electron chi connectivity index (χ1n) is 8.17. The van der Waals surface area contributed by atoms with Gasteiger partial charge in [-0.15, -0.1) is 11.3 Å². The number of rotatable bonds is 4. The normalized spacial score (nSPS) is 22.1. The van der Waals surface area contributed by atoms with Crippen LogP contribution >= 0.6 is 11.3 Å². The van der Waals surface area contributed by atoms with E-state index in [9.17, 15) is 0 Å². The summed E-state index contributed by atoms with van der Waals surface area (Å²) < 4.78 is 0. The molecule has 7 nitrogen and oxygen atoms in total. The molecule has 0 amide bonds. The molecule has 1 unspecified atom stereocenters. The first kappa shape index (κ1) is 15.5. The van der Waals surface area contributed by atoms with Crippen molar-refractivity contribution in [1.82, 2.24) is 29.8 Å². The van der Waals surface area contributed by atoms with Gasteiger partial charge in [0, 0.05) is 30.9 Å². The first-order chi connectivity index (χ1) is 11.7. The van der Waals surface area contributed by atoms with Crippen molar-refractivity contribution in [3.8, 4) is 0 Å². The van der Waals surface area contributed by atoms with Gasteiger partial charge in [-0.2, -0.15) is 0 Å². The summed E-state index contributed by atoms with van der Waals surface area (Å²) in [6.45, 7) is 5.18. The van der Waals surface area contributed by atoms with Crippen molar-refractivity contribution < 1.29 is 0 Å². The van der Waals surface area contributed by atoms with Crippen LogP contribution in [0.4, 0.5) is 5.82 Å². The molecule has 126 valence electrons. The molecule has 3 aromatic rings. The number of fused-ring (bicyclic) bond motifs is 1. The molecule has 1 aliphatic heterocycles. The fraction of sp³-hybridized carbons (Fsp3) is 0.500. The van der Waals surface area contributed by atoms with E-state index in [1.54, 1.807) is 17.7 Å². The van der Waals surface area contributed by atoms with Gasteiger partial charge in [0.25, 0.3) is 0 Å². The van der Waals surface area contributed by atoms with Gasteiger partial charge in [0.1, 0.15) is 11.3 Å². The van der Waals surface area contributed by atoms with Crippen LogP contribution in [0.15, 0.2) is 17.2 Å². The number of hydrogen-bond acceptors (Lipinski definition) is 7. The van der Waals surface area contributed by atoms with Crippen molar-refractivity contribution in [2.75, 3.05) is 25.5 Å². The van der Waals surface area contributed by atoms with E-state index in [1.807, 2.05) is 12.6 Å². The minimum Gasteiger partial charge on any atom is -0.371 e. The molecule has 8 heteroatoms. The standard InChI is InChI=1S/C16H21N7S/c1-16(4-3-5-23(8-16)6-11-7-24-10-20-11)15-21-13(17-2)12-14(22-15)19-9-18-12/h7,9-10H,3-6,8H2,1-2H3,(H2,17,18,19,21,22). The van der Waals surface area contributed by atoms with Crippen LogP contribution in [0, 0.1) is 0 Å². The minimum absolute atomic E-state index is 0.0764. The van der Waals surface area contributed by atoms with Crippen LogP contribution in [-0.4, -0.2) is 50.0 Å². The molecule has 4 heterocycles. The number of imidazole rings is 1. The van der Waals surface area contributed by atoms with Gasteiger partial charge >= 0.3 is 0 Å². The predicted molar refractivity (Wildman–Crippen MR) is 95.2 cm³/mol. The monoisotopic (exact) mass is 343 g/mol. The Hall–Kier alpha value is -2.06. The van der Waals surface area contributed by atoms with Crippen molar-refractivity contribution in [3.63, 3.8) is 0 Å². The Labute approximate surface area is 144 Å². The summed E-state index contributed by atoms with van der Waals surface area (Å²) >= 11 is 1.65. The average molecular weight is 343 g/mol. The van der Waals surface area contributed by atoms with Crippen LogP contribution in [0.2, 0.25) is 0 Å². The Morgan fingerprint density at radius 3 is 3.08 bits per heavy atom. The van der Waals surface area contributed by atoms with E-state index >= 15 is 0 Å². The highest BCUT2D eigenvalue weighted by Crippen LogP contribution is 2.33. The van der Waals surface area contributed by atoms with E-state index in [-0.39, 0.29) is 5.41 Å². The summed E-state index contributed by atoms with van der Waals surface area (Å²) in [5, 5.41) is 5.28. The van der Waals surface area contributed by atoms with E-state index < -0.39 is 0 Å². The number of nitrogens with one attached hydrogen (secondary N) is 2. The van der Waals surface area contributed by atoms with Gasteiger partial charge in [-0.25, -0.2) is 19.9 Å². The maximum absolute atomic E-state index is 4.78. The second-order valence-corrected chi connectivity index (χ2v) is 7.32. The maximum Gasteiger partial charge on any atom is 0.183 e. The van der Waals surface area contributed by atoms with Crippen LogP contribution in [0.3, 0.4) is 0 Å². The van der Waals surface area contributed by atoms with Crippen LogP contribution in [-0.2, 0) is 12.0 Å². The molecule has 4 rings (SSSR count). The van der Waals surface area contributed by atoms with E-state index in [4.69, 9.17) is 9.97 Å². The molecule has 1 aliphatic rings. The second-order valence-electron chi connectivity index (χ2n) is 6.60. The molecule has 0 aliphatic carbocycles. The number of aromatic nitrogens is 5. The predicted octanol–water partition coefficient (Wildman–Crippen LogP) is 2.40. The number of thiazole rings is 1. The third kappa shape index (κ3) is 2.76. The molecule has 24 heavy (non-hydrogen) atoms. The van der Waals surface area contributed by atoms with Crippen LogP contribution in [0.25, 0.3) is 11.2 Å². The van der Waals surface area contributed by atoms with E-state index in [0.29, 0.717) is 0 Å². The first-order valence-corrected chi connectivity index (χ1v) is 9.11. The third-order valence-electron chi connectivity index (χ3n) is 4.71. The maximum atomic E-state index is 4.78. The lowest BCUT2D eigenvalue weighted by Crippen LogP contribution is -2.45. The SMILES string of the molecule is CNc1nc(C2(C)CCCN(Cc3cscn3)C2)nc2nc[nH]c12. The zero-order valence-corrected chi connectivity index (χ0v) is 14.7. The fourth-order valence-corrected chi connectivity index (χ4v) is 4.04. The van der Waals surface area contributed by atoms with Crippen LogP contribution in [0.1, 0.15) is 31.3 Å². The summed E-state index contributed by atoms with van der Waals surface area (Å²) in [6.07, 6.45) is 3.89. The fourth-order valence-electron chi connectivity index (χ4n) is 3.49. The summed E-state index contributed by atoms with van der Waals surface area (Å²) in [4.78, 5) is 23.8. The number of anilines is 1. The van der Waals surface area contributed by atoms with Gasteiger partial charge < -0.3 is 10.3 Å². The summed E-state index contributed by atoms with van der Waals surface area (Å²) in [5.41, 5.74) is 4.55. The molecule has 1 saturated heterocycles. The Morgan fingerprint density at radius 1 is 1.38 bits per heavy atom. The second kappa shape index (κ2) is 6.10. The number of nitrogens with zero attached hydrogens (tertiary/aromatic N) is 5. The number of aromatic amines is 1. The molecular formula is C16H21N7S. The topological polar surface area (TPSA) is 82.6 Å². The highest BCUT2D eigenvalue weighted by molar-refractivity contribution is 7.07. The summed E-state index contributed by atoms with van der Waals surface area (Å²) in [5.74, 6) is 1.68. The van der Waals surface area contributed by atoms with Crippen molar-refractivity contribution in [1.29, 1.82) is 0 Å². The van der Waals surface area contributed by atoms with Gasteiger partial charge in [-0.3, -0.25) is 4.90 Å². The molecule has 2 N–H and O–H groups in total. The molecular weight excluding hydrogens is 322 g/mol. The lowest BCUT2D eigenvalue weighted by Gasteiger charge is -2.39. The molecule has 3 aromatic heterocycles. The molecule has 0 bridgehead atoms. The highest BCUT2D eigenvalue weighted by atomic mass is 32.1. The van der Waals surface area contributed by atoms with Gasteiger partial charge in [-0.05, 0) is 19.4 Å². The van der Waals surface area contributed by atoms with Crippen molar-refractivity contribution in [2.24, 2.45) is 0 Å². The molecule has 1 fully saturated rings. The van der Waals surface area contributed by atoms with Crippen molar-refractivity contribution >= 4 is 28.3 Å². The molecule has 1 atom stereocenters. The lowest BCUT2D eigenvalue weighted by molar-refractivity contribution is 0.143. The van der Waals surface area contributed by atoms with Crippen molar-refractivity contribution in [3.05, 3.63) is 28.7 Å². The van der Waals surface area contributed by atoms with Gasteiger partial charge in [0.2, 0.25) is 0 Å². The smallest absolute Gasteiger partial charge is 0.183 e. The Bertz CT molecular complexity index is 828. The molecule has 0 saturated carbocycles. The average Bonchev–Trinajstić information content (AvgIpc) is 3.25. The summed E-state index contributed by atoms with van der Waals surface area (Å²) in [6, 6.07) is 0. The zero-order valence-electron chi connectivity index (χ0n) is 13.9. The quantitative estimate of drug-likeness (QED) is 0.757. The Kier molecular flexibility index (Phi) is 3.93. The molecule has 0 radical (unpaired) electrons. The molecule has 0 aromatic carbocycles. The van der Waals surface area contributed by atoms with Crippen LogP contribution in [0.5, 0.6) is 0 Å². The van der Waals surface area contributed by atoms with Gasteiger partial charge in [0.05, 0.1) is 17.5 Å². The number of piperidine rings is 1. The van der Waals surface area contributed by atoms with E-state index in [0.717, 1.165) is 61.0 Å². The van der Waals surface area contributed by atoms with Gasteiger partial charge in [0.15, 0.2) is 11.5 Å². The minimum atomic E-state index is -0.0764. The zero-order chi connectivity index (χ0) is 16.6. The number of H-pyrrole nitrogens is 1. The van der Waals surface area contributed by atoms with E-state index in [1.165, 1.54) is 0 Å². The van der Waals surface area contributed by atoms with Crippen LogP contribution < -0.4 is 5.32 Å². The number of likely N-dealkylation sites (tertiary alicyclic amines) is 1. The van der Waals surface area contributed by atoms with Gasteiger partial charge in [-0.1, -0.05) is 6.92 Å². The highest BCUT2D eigenvalue weighted by Gasteiger charge is 2.36. The Balaban J connectivity index is 1.64. The molecule has 0 spiro atoms. The largest absolute Gasteiger partial charge is 0.371 e. The number of hydrogen-bond donors (Lipinski definition) is 2. The van der Waals surface area contributed by atoms with E-state index in [2.05, 4.69) is 37.5 Å².